The van der Waals surface area contributed by atoms with Gasteiger partial charge < -0.3 is 10.6 Å². The molecule has 0 aliphatic carbocycles. The maximum atomic E-state index is 12.1. The Hall–Kier alpha value is -2.89. The number of hydrogen-bond donors (Lipinski definition) is 2. The first-order chi connectivity index (χ1) is 11.4. The molecule has 2 rings (SSSR count). The second-order valence-corrected chi connectivity index (χ2v) is 5.93. The summed E-state index contributed by atoms with van der Waals surface area (Å²) < 4.78 is 0. The summed E-state index contributed by atoms with van der Waals surface area (Å²) in [5.41, 5.74) is 3.26. The molecule has 24 heavy (non-hydrogen) atoms. The van der Waals surface area contributed by atoms with Gasteiger partial charge in [0.25, 0.3) is 5.69 Å². The molecule has 0 saturated heterocycles. The van der Waals surface area contributed by atoms with Gasteiger partial charge in [0.1, 0.15) is 0 Å². The van der Waals surface area contributed by atoms with Crippen LogP contribution in [0.1, 0.15) is 30.9 Å². The van der Waals surface area contributed by atoms with Gasteiger partial charge in [-0.2, -0.15) is 0 Å². The van der Waals surface area contributed by atoms with E-state index in [9.17, 15) is 14.9 Å². The number of carbonyl (C=O) groups excluding carboxylic acids is 1. The molecule has 6 heteroatoms. The van der Waals surface area contributed by atoms with Crippen LogP contribution in [-0.4, -0.2) is 17.4 Å². The molecular weight excluding hydrogens is 306 g/mol. The van der Waals surface area contributed by atoms with Gasteiger partial charge in [-0.15, -0.1) is 0 Å². The van der Waals surface area contributed by atoms with Crippen molar-refractivity contribution in [3.05, 3.63) is 63.7 Å². The van der Waals surface area contributed by atoms with Gasteiger partial charge >= 0.3 is 0 Å². The Balaban J connectivity index is 1.96. The number of nitrogens with one attached hydrogen (secondary N) is 2. The third kappa shape index (κ3) is 4.55. The van der Waals surface area contributed by atoms with Gasteiger partial charge in [0.15, 0.2) is 0 Å². The molecule has 6 nitrogen and oxygen atoms in total. The van der Waals surface area contributed by atoms with E-state index < -0.39 is 4.92 Å². The molecule has 2 N–H and O–H groups in total. The van der Waals surface area contributed by atoms with Crippen LogP contribution in [0.3, 0.4) is 0 Å². The summed E-state index contributed by atoms with van der Waals surface area (Å²) in [6, 6.07) is 12.3. The number of carbonyl (C=O) groups is 1. The Morgan fingerprint density at radius 1 is 1.17 bits per heavy atom. The first-order valence-electron chi connectivity index (χ1n) is 7.75. The van der Waals surface area contributed by atoms with Crippen LogP contribution in [0.4, 0.5) is 17.1 Å². The van der Waals surface area contributed by atoms with E-state index in [0.717, 1.165) is 11.3 Å². The van der Waals surface area contributed by atoms with E-state index in [1.807, 2.05) is 24.3 Å². The van der Waals surface area contributed by atoms with Crippen molar-refractivity contribution < 1.29 is 9.72 Å². The lowest BCUT2D eigenvalue weighted by Gasteiger charge is -2.11. The second-order valence-electron chi connectivity index (χ2n) is 5.93. The highest BCUT2D eigenvalue weighted by atomic mass is 16.6. The molecule has 0 unspecified atom stereocenters. The number of hydrogen-bond acceptors (Lipinski definition) is 4. The maximum Gasteiger partial charge on any atom is 0.271 e. The van der Waals surface area contributed by atoms with Gasteiger partial charge in [-0.25, -0.2) is 0 Å². The minimum atomic E-state index is -0.483. The quantitative estimate of drug-likeness (QED) is 0.618. The van der Waals surface area contributed by atoms with Crippen molar-refractivity contribution in [2.45, 2.75) is 26.7 Å². The predicted molar refractivity (Wildman–Crippen MR) is 95.5 cm³/mol. The van der Waals surface area contributed by atoms with Crippen molar-refractivity contribution in [1.29, 1.82) is 0 Å². The van der Waals surface area contributed by atoms with Crippen LogP contribution >= 0.6 is 0 Å². The third-order valence-corrected chi connectivity index (χ3v) is 3.74. The van der Waals surface area contributed by atoms with Crippen LogP contribution in [0.25, 0.3) is 0 Å². The summed E-state index contributed by atoms with van der Waals surface area (Å²) in [5.74, 6) is 0.200. The van der Waals surface area contributed by atoms with Crippen molar-refractivity contribution in [2.24, 2.45) is 0 Å². The fraction of sp³-hybridized carbons (Fsp3) is 0.278. The molecule has 1 amide bonds. The molecule has 2 aromatic carbocycles. The Morgan fingerprint density at radius 3 is 2.42 bits per heavy atom. The molecule has 0 saturated carbocycles. The minimum Gasteiger partial charge on any atom is -0.376 e. The largest absolute Gasteiger partial charge is 0.376 e. The van der Waals surface area contributed by atoms with E-state index in [2.05, 4.69) is 24.5 Å². The van der Waals surface area contributed by atoms with E-state index in [1.165, 1.54) is 17.7 Å². The molecule has 0 atom stereocenters. The lowest BCUT2D eigenvalue weighted by molar-refractivity contribution is -0.384. The number of non-ortho nitro benzene ring substituents is 1. The monoisotopic (exact) mass is 327 g/mol. The van der Waals surface area contributed by atoms with E-state index in [-0.39, 0.29) is 18.1 Å². The molecule has 0 bridgehead atoms. The van der Waals surface area contributed by atoms with Gasteiger partial charge in [-0.3, -0.25) is 14.9 Å². The average molecular weight is 327 g/mol. The molecule has 126 valence electrons. The van der Waals surface area contributed by atoms with Crippen LogP contribution in [0.15, 0.2) is 42.5 Å². The highest BCUT2D eigenvalue weighted by Crippen LogP contribution is 2.22. The van der Waals surface area contributed by atoms with Crippen molar-refractivity contribution in [3.63, 3.8) is 0 Å². The summed E-state index contributed by atoms with van der Waals surface area (Å²) in [5, 5.41) is 16.6. The van der Waals surface area contributed by atoms with Crippen LogP contribution in [-0.2, 0) is 4.79 Å². The molecule has 0 aromatic heterocycles. The molecular formula is C18H21N3O3. The number of anilines is 2. The van der Waals surface area contributed by atoms with Crippen LogP contribution in [0, 0.1) is 17.0 Å². The Kier molecular flexibility index (Phi) is 5.52. The maximum absolute atomic E-state index is 12.1. The Morgan fingerprint density at radius 2 is 1.83 bits per heavy atom. The average Bonchev–Trinajstić information content (AvgIpc) is 2.55. The lowest BCUT2D eigenvalue weighted by atomic mass is 10.0. The number of nitrogens with zero attached hydrogens (tertiary/aromatic N) is 1. The minimum absolute atomic E-state index is 0.0480. The van der Waals surface area contributed by atoms with Gasteiger partial charge in [-0.1, -0.05) is 32.0 Å². The summed E-state index contributed by atoms with van der Waals surface area (Å²) in [6.45, 7) is 6.12. The standard InChI is InChI=1S/C18H21N3O3/c1-12(2)14-5-7-15(8-6-14)19-11-18(22)20-17-10-16(21(23)24)9-4-13(17)3/h4-10,12,19H,11H2,1-3H3,(H,20,22). The smallest absolute Gasteiger partial charge is 0.271 e. The van der Waals surface area contributed by atoms with Gasteiger partial charge in [0, 0.05) is 17.8 Å². The van der Waals surface area contributed by atoms with Crippen LogP contribution < -0.4 is 10.6 Å². The highest BCUT2D eigenvalue weighted by molar-refractivity contribution is 5.94. The Labute approximate surface area is 141 Å². The first kappa shape index (κ1) is 17.5. The zero-order chi connectivity index (χ0) is 17.7. The van der Waals surface area contributed by atoms with Crippen LogP contribution in [0.2, 0.25) is 0 Å². The number of benzene rings is 2. The fourth-order valence-corrected chi connectivity index (χ4v) is 2.22. The van der Waals surface area contributed by atoms with Gasteiger partial charge in [0.2, 0.25) is 5.91 Å². The molecule has 2 aromatic rings. The number of rotatable bonds is 6. The summed E-state index contributed by atoms with van der Waals surface area (Å²) in [7, 11) is 0. The summed E-state index contributed by atoms with van der Waals surface area (Å²) in [4.78, 5) is 22.4. The van der Waals surface area contributed by atoms with Crippen LogP contribution in [0.5, 0.6) is 0 Å². The number of nitro benzene ring substituents is 1. The second kappa shape index (κ2) is 7.59. The summed E-state index contributed by atoms with van der Waals surface area (Å²) >= 11 is 0. The number of amides is 1. The molecule has 0 fully saturated rings. The molecule has 0 aliphatic heterocycles. The Bertz CT molecular complexity index is 740. The first-order valence-corrected chi connectivity index (χ1v) is 7.75. The van der Waals surface area contributed by atoms with Crippen molar-refractivity contribution in [1.82, 2.24) is 0 Å². The predicted octanol–water partition coefficient (Wildman–Crippen LogP) is 4.08. The van der Waals surface area contributed by atoms with E-state index in [1.54, 1.807) is 13.0 Å². The lowest BCUT2D eigenvalue weighted by Crippen LogP contribution is -2.22. The van der Waals surface area contributed by atoms with E-state index in [4.69, 9.17) is 0 Å². The molecule has 0 radical (unpaired) electrons. The van der Waals surface area contributed by atoms with Crippen molar-refractivity contribution in [2.75, 3.05) is 17.2 Å². The van der Waals surface area contributed by atoms with E-state index in [0.29, 0.717) is 11.6 Å². The zero-order valence-corrected chi connectivity index (χ0v) is 14.0. The molecule has 0 spiro atoms. The third-order valence-electron chi connectivity index (χ3n) is 3.74. The number of aryl methyl sites for hydroxylation is 1. The topological polar surface area (TPSA) is 84.3 Å². The normalized spacial score (nSPS) is 10.5. The van der Waals surface area contributed by atoms with Crippen molar-refractivity contribution >= 4 is 23.0 Å². The van der Waals surface area contributed by atoms with Gasteiger partial charge in [0.05, 0.1) is 17.2 Å². The van der Waals surface area contributed by atoms with E-state index >= 15 is 0 Å². The highest BCUT2D eigenvalue weighted by Gasteiger charge is 2.11. The molecule has 0 heterocycles. The summed E-state index contributed by atoms with van der Waals surface area (Å²) in [6.07, 6.45) is 0. The molecule has 0 aliphatic rings. The SMILES string of the molecule is Cc1ccc([N+](=O)[O-])cc1NC(=O)CNc1ccc(C(C)C)cc1. The number of nitro groups is 1. The van der Waals surface area contributed by atoms with Crippen molar-refractivity contribution in [3.8, 4) is 0 Å². The fourth-order valence-electron chi connectivity index (χ4n) is 2.22. The zero-order valence-electron chi connectivity index (χ0n) is 14.0. The van der Waals surface area contributed by atoms with Gasteiger partial charge in [-0.05, 0) is 36.1 Å².